The average molecular weight is 286 g/mol. The van der Waals surface area contributed by atoms with Crippen molar-refractivity contribution in [2.24, 2.45) is 0 Å². The van der Waals surface area contributed by atoms with Crippen molar-refractivity contribution in [2.45, 2.75) is 6.92 Å². The van der Waals surface area contributed by atoms with Crippen molar-refractivity contribution in [3.05, 3.63) is 53.6 Å². The maximum atomic E-state index is 12.1. The fraction of sp³-hybridized carbons (Fsp3) is 0.235. The summed E-state index contributed by atoms with van der Waals surface area (Å²) in [6.07, 6.45) is 0. The molecule has 0 N–H and O–H groups in total. The number of Topliss-reactive ketones (excluding diaryl/α,β-unsaturated/α-hetero) is 1. The van der Waals surface area contributed by atoms with Gasteiger partial charge in [0.2, 0.25) is 0 Å². The second kappa shape index (κ2) is 6.79. The molecule has 0 aliphatic rings. The fourth-order valence-corrected chi connectivity index (χ4v) is 1.92. The van der Waals surface area contributed by atoms with E-state index >= 15 is 0 Å². The Bertz CT molecular complexity index is 634. The molecule has 0 fully saturated rings. The molecule has 0 unspecified atom stereocenters. The molecular formula is C17H18O4. The molecule has 0 spiro atoms. The summed E-state index contributed by atoms with van der Waals surface area (Å²) in [5.41, 5.74) is 1.62. The first-order valence-corrected chi connectivity index (χ1v) is 6.58. The lowest BCUT2D eigenvalue weighted by Gasteiger charge is -2.11. The highest BCUT2D eigenvalue weighted by Crippen LogP contribution is 2.27. The molecular weight excluding hydrogens is 268 g/mol. The van der Waals surface area contributed by atoms with Gasteiger partial charge in [0, 0.05) is 5.56 Å². The van der Waals surface area contributed by atoms with Crippen molar-refractivity contribution in [1.29, 1.82) is 0 Å². The van der Waals surface area contributed by atoms with Gasteiger partial charge in [-0.1, -0.05) is 18.2 Å². The van der Waals surface area contributed by atoms with Gasteiger partial charge in [-0.15, -0.1) is 0 Å². The first kappa shape index (κ1) is 14.9. The first-order valence-electron chi connectivity index (χ1n) is 6.58. The molecule has 0 saturated carbocycles. The van der Waals surface area contributed by atoms with E-state index in [9.17, 15) is 4.79 Å². The summed E-state index contributed by atoms with van der Waals surface area (Å²) >= 11 is 0. The quantitative estimate of drug-likeness (QED) is 0.764. The van der Waals surface area contributed by atoms with Crippen LogP contribution in [-0.2, 0) is 0 Å². The molecule has 0 heterocycles. The summed E-state index contributed by atoms with van der Waals surface area (Å²) in [6.45, 7) is 1.92. The molecule has 21 heavy (non-hydrogen) atoms. The maximum Gasteiger partial charge on any atom is 0.200 e. The van der Waals surface area contributed by atoms with Crippen LogP contribution < -0.4 is 14.2 Å². The Kier molecular flexibility index (Phi) is 4.82. The van der Waals surface area contributed by atoms with Gasteiger partial charge in [-0.25, -0.2) is 0 Å². The molecule has 4 nitrogen and oxygen atoms in total. The summed E-state index contributed by atoms with van der Waals surface area (Å²) < 4.78 is 15.9. The lowest BCUT2D eigenvalue weighted by molar-refractivity contribution is 0.0919. The van der Waals surface area contributed by atoms with Crippen molar-refractivity contribution in [3.63, 3.8) is 0 Å². The second-order valence-corrected chi connectivity index (χ2v) is 4.60. The van der Waals surface area contributed by atoms with Crippen LogP contribution in [-0.4, -0.2) is 26.6 Å². The van der Waals surface area contributed by atoms with E-state index < -0.39 is 0 Å². The van der Waals surface area contributed by atoms with E-state index in [-0.39, 0.29) is 12.4 Å². The Labute approximate surface area is 124 Å². The fourth-order valence-electron chi connectivity index (χ4n) is 1.92. The smallest absolute Gasteiger partial charge is 0.200 e. The number of hydrogen-bond acceptors (Lipinski definition) is 4. The summed E-state index contributed by atoms with van der Waals surface area (Å²) in [7, 11) is 3.14. The number of rotatable bonds is 6. The predicted octanol–water partition coefficient (Wildman–Crippen LogP) is 3.27. The van der Waals surface area contributed by atoms with E-state index in [1.165, 1.54) is 0 Å². The van der Waals surface area contributed by atoms with Crippen LogP contribution in [0.1, 0.15) is 15.9 Å². The Morgan fingerprint density at radius 3 is 2.52 bits per heavy atom. The van der Waals surface area contributed by atoms with Gasteiger partial charge >= 0.3 is 0 Å². The number of benzene rings is 2. The Morgan fingerprint density at radius 1 is 1.00 bits per heavy atom. The Morgan fingerprint density at radius 2 is 1.81 bits per heavy atom. The second-order valence-electron chi connectivity index (χ2n) is 4.60. The lowest BCUT2D eigenvalue weighted by atomic mass is 10.1. The zero-order chi connectivity index (χ0) is 15.2. The lowest BCUT2D eigenvalue weighted by Crippen LogP contribution is -2.12. The third-order valence-electron chi connectivity index (χ3n) is 3.07. The van der Waals surface area contributed by atoms with Crippen LogP contribution in [0.4, 0.5) is 0 Å². The zero-order valence-electron chi connectivity index (χ0n) is 12.4. The van der Waals surface area contributed by atoms with Gasteiger partial charge in [-0.2, -0.15) is 0 Å². The molecule has 2 rings (SSSR count). The van der Waals surface area contributed by atoms with E-state index in [0.29, 0.717) is 22.8 Å². The maximum absolute atomic E-state index is 12.1. The Balaban J connectivity index is 2.07. The molecule has 2 aromatic carbocycles. The largest absolute Gasteiger partial charge is 0.497 e. The molecule has 0 saturated heterocycles. The third-order valence-corrected chi connectivity index (χ3v) is 3.07. The molecule has 0 bridgehead atoms. The van der Waals surface area contributed by atoms with Crippen molar-refractivity contribution < 1.29 is 19.0 Å². The highest BCUT2D eigenvalue weighted by molar-refractivity contribution is 5.97. The zero-order valence-corrected chi connectivity index (χ0v) is 12.4. The monoisotopic (exact) mass is 286 g/mol. The number of carbonyl (C=O) groups is 1. The molecule has 110 valence electrons. The number of carbonyl (C=O) groups excluding carboxylic acids is 1. The van der Waals surface area contributed by atoms with Gasteiger partial charge in [0.25, 0.3) is 0 Å². The Hall–Kier alpha value is -2.49. The molecule has 0 radical (unpaired) electrons. The number of aryl methyl sites for hydroxylation is 1. The predicted molar refractivity (Wildman–Crippen MR) is 80.6 cm³/mol. The van der Waals surface area contributed by atoms with E-state index in [0.717, 1.165) is 5.56 Å². The molecule has 2 aromatic rings. The standard InChI is InChI=1S/C17H18O4/c1-12-7-8-16(17(9-12)20-3)21-11-15(18)13-5-4-6-14(10-13)19-2/h4-10H,11H2,1-3H3. The normalized spacial score (nSPS) is 10.0. The van der Waals surface area contributed by atoms with E-state index in [2.05, 4.69) is 0 Å². The van der Waals surface area contributed by atoms with Crippen LogP contribution in [0.5, 0.6) is 17.2 Å². The topological polar surface area (TPSA) is 44.8 Å². The van der Waals surface area contributed by atoms with Crippen LogP contribution in [0.15, 0.2) is 42.5 Å². The van der Waals surface area contributed by atoms with Crippen molar-refractivity contribution in [1.82, 2.24) is 0 Å². The van der Waals surface area contributed by atoms with Crippen LogP contribution in [0, 0.1) is 6.92 Å². The van der Waals surface area contributed by atoms with Gasteiger partial charge in [0.15, 0.2) is 23.9 Å². The molecule has 4 heteroatoms. The van der Waals surface area contributed by atoms with Crippen molar-refractivity contribution in [3.8, 4) is 17.2 Å². The SMILES string of the molecule is COc1cccc(C(=O)COc2ccc(C)cc2OC)c1. The minimum Gasteiger partial charge on any atom is -0.497 e. The van der Waals surface area contributed by atoms with Crippen molar-refractivity contribution >= 4 is 5.78 Å². The molecule has 0 aromatic heterocycles. The van der Waals surface area contributed by atoms with Gasteiger partial charge in [0.1, 0.15) is 5.75 Å². The summed E-state index contributed by atoms with van der Waals surface area (Å²) in [6, 6.07) is 12.6. The van der Waals surface area contributed by atoms with E-state index in [4.69, 9.17) is 14.2 Å². The van der Waals surface area contributed by atoms with Gasteiger partial charge in [-0.05, 0) is 36.8 Å². The summed E-state index contributed by atoms with van der Waals surface area (Å²) in [5.74, 6) is 1.71. The number of hydrogen-bond donors (Lipinski definition) is 0. The van der Waals surface area contributed by atoms with Crippen LogP contribution >= 0.6 is 0 Å². The highest BCUT2D eigenvalue weighted by Gasteiger charge is 2.10. The van der Waals surface area contributed by atoms with E-state index in [1.54, 1.807) is 44.6 Å². The van der Waals surface area contributed by atoms with Gasteiger partial charge in [0.05, 0.1) is 14.2 Å². The van der Waals surface area contributed by atoms with Gasteiger partial charge in [-0.3, -0.25) is 4.79 Å². The molecule has 0 aliphatic carbocycles. The van der Waals surface area contributed by atoms with Crippen LogP contribution in [0.25, 0.3) is 0 Å². The average Bonchev–Trinajstić information content (AvgIpc) is 2.53. The van der Waals surface area contributed by atoms with E-state index in [1.807, 2.05) is 19.1 Å². The highest BCUT2D eigenvalue weighted by atomic mass is 16.5. The third kappa shape index (κ3) is 3.75. The molecule has 0 amide bonds. The summed E-state index contributed by atoms with van der Waals surface area (Å²) in [4.78, 5) is 12.1. The summed E-state index contributed by atoms with van der Waals surface area (Å²) in [5, 5.41) is 0. The number of methoxy groups -OCH3 is 2. The minimum atomic E-state index is -0.114. The number of ether oxygens (including phenoxy) is 3. The molecule has 0 aliphatic heterocycles. The van der Waals surface area contributed by atoms with Gasteiger partial charge < -0.3 is 14.2 Å². The van der Waals surface area contributed by atoms with Crippen LogP contribution in [0.2, 0.25) is 0 Å². The molecule has 0 atom stereocenters. The number of ketones is 1. The minimum absolute atomic E-state index is 0.0490. The van der Waals surface area contributed by atoms with Crippen LogP contribution in [0.3, 0.4) is 0 Å². The first-order chi connectivity index (χ1) is 10.1. The van der Waals surface area contributed by atoms with Crippen molar-refractivity contribution in [2.75, 3.05) is 20.8 Å².